The van der Waals surface area contributed by atoms with Crippen LogP contribution >= 0.6 is 22.9 Å². The van der Waals surface area contributed by atoms with Gasteiger partial charge in [0.05, 0.1) is 23.9 Å². The summed E-state index contributed by atoms with van der Waals surface area (Å²) in [4.78, 5) is 19.7. The van der Waals surface area contributed by atoms with Crippen LogP contribution in [0.15, 0.2) is 17.5 Å². The van der Waals surface area contributed by atoms with Gasteiger partial charge in [-0.05, 0) is 44.0 Å². The summed E-state index contributed by atoms with van der Waals surface area (Å²) in [5.74, 6) is 1.56. The molecule has 8 heteroatoms. The third-order valence-electron chi connectivity index (χ3n) is 5.10. The summed E-state index contributed by atoms with van der Waals surface area (Å²) >= 11 is 7.73. The number of carbonyl (C=O) groups excluding carboxylic acids is 1. The van der Waals surface area contributed by atoms with Gasteiger partial charge in [0.1, 0.15) is 0 Å². The van der Waals surface area contributed by atoms with Crippen LogP contribution in [0.3, 0.4) is 0 Å². The number of thiazole rings is 1. The molecular formula is C20H24ClN3O3S. The number of hydrogen-bond acceptors (Lipinski definition) is 6. The van der Waals surface area contributed by atoms with Crippen molar-refractivity contribution >= 4 is 34.0 Å². The zero-order chi connectivity index (χ0) is 19.5. The lowest BCUT2D eigenvalue weighted by atomic mass is 9.99. The molecule has 1 amide bonds. The zero-order valence-electron chi connectivity index (χ0n) is 15.9. The maximum atomic E-state index is 12.7. The number of ether oxygens (including phenoxy) is 2. The molecule has 0 radical (unpaired) electrons. The third-order valence-corrected chi connectivity index (χ3v) is 6.19. The molecule has 1 aromatic heterocycles. The first-order valence-electron chi connectivity index (χ1n) is 9.66. The van der Waals surface area contributed by atoms with Crippen molar-refractivity contribution in [1.82, 2.24) is 9.88 Å². The van der Waals surface area contributed by atoms with Gasteiger partial charge in [0.15, 0.2) is 16.6 Å². The summed E-state index contributed by atoms with van der Waals surface area (Å²) in [7, 11) is 0. The van der Waals surface area contributed by atoms with Crippen LogP contribution < -0.4 is 14.8 Å². The van der Waals surface area contributed by atoms with Crippen LogP contribution in [-0.4, -0.2) is 42.1 Å². The Morgan fingerprint density at radius 1 is 1.32 bits per heavy atom. The van der Waals surface area contributed by atoms with Gasteiger partial charge in [0.2, 0.25) is 0 Å². The molecule has 150 valence electrons. The molecule has 2 aliphatic heterocycles. The number of piperidine rings is 1. The van der Waals surface area contributed by atoms with E-state index in [0.29, 0.717) is 40.4 Å². The van der Waals surface area contributed by atoms with Crippen LogP contribution in [-0.2, 0) is 6.54 Å². The fraction of sp³-hybridized carbons (Fsp3) is 0.500. The average molecular weight is 422 g/mol. The van der Waals surface area contributed by atoms with Crippen LogP contribution in [0, 0.1) is 5.92 Å². The number of nitrogens with one attached hydrogen (secondary N) is 1. The lowest BCUT2D eigenvalue weighted by molar-refractivity contribution is 0.102. The van der Waals surface area contributed by atoms with Crippen molar-refractivity contribution in [2.75, 3.05) is 31.6 Å². The molecule has 1 fully saturated rings. The quantitative estimate of drug-likeness (QED) is 0.790. The molecule has 2 aliphatic rings. The second kappa shape index (κ2) is 8.68. The molecule has 1 aromatic carbocycles. The van der Waals surface area contributed by atoms with Gasteiger partial charge in [-0.15, -0.1) is 11.3 Å². The molecule has 4 rings (SSSR count). The fourth-order valence-electron chi connectivity index (χ4n) is 3.42. The van der Waals surface area contributed by atoms with Gasteiger partial charge in [0.25, 0.3) is 5.91 Å². The minimum absolute atomic E-state index is 0.259. The smallest absolute Gasteiger partial charge is 0.257 e. The van der Waals surface area contributed by atoms with E-state index in [9.17, 15) is 4.79 Å². The number of carbonyl (C=O) groups is 1. The average Bonchev–Trinajstić information content (AvgIpc) is 2.96. The first kappa shape index (κ1) is 19.5. The topological polar surface area (TPSA) is 63.7 Å². The molecule has 0 spiro atoms. The van der Waals surface area contributed by atoms with Gasteiger partial charge < -0.3 is 9.47 Å². The van der Waals surface area contributed by atoms with Crippen LogP contribution in [0.5, 0.6) is 11.5 Å². The molecule has 0 saturated carbocycles. The Hall–Kier alpha value is -1.83. The summed E-state index contributed by atoms with van der Waals surface area (Å²) in [6.07, 6.45) is 3.25. The van der Waals surface area contributed by atoms with Gasteiger partial charge in [-0.25, -0.2) is 4.98 Å². The molecule has 0 atom stereocenters. The van der Waals surface area contributed by atoms with Gasteiger partial charge in [-0.3, -0.25) is 15.0 Å². The standard InChI is InChI=1S/C20H24ClN3O3S/c1-13-3-5-24(6-4-13)11-15-12-28-20(22-15)23-19(25)14-9-16(21)18-17(10-14)26-7-2-8-27-18/h9-10,12-13H,2-8,11H2,1H3,(H,22,23,25). The number of amides is 1. The molecule has 0 bridgehead atoms. The predicted octanol–water partition coefficient (Wildman–Crippen LogP) is 4.44. The van der Waals surface area contributed by atoms with Crippen molar-refractivity contribution < 1.29 is 14.3 Å². The number of fused-ring (bicyclic) bond motifs is 1. The van der Waals surface area contributed by atoms with Crippen molar-refractivity contribution in [3.63, 3.8) is 0 Å². The highest BCUT2D eigenvalue weighted by molar-refractivity contribution is 7.14. The highest BCUT2D eigenvalue weighted by atomic mass is 35.5. The maximum absolute atomic E-state index is 12.7. The van der Waals surface area contributed by atoms with Crippen molar-refractivity contribution in [3.8, 4) is 11.5 Å². The molecule has 28 heavy (non-hydrogen) atoms. The lowest BCUT2D eigenvalue weighted by Gasteiger charge is -2.29. The Labute approximate surface area is 173 Å². The number of hydrogen-bond donors (Lipinski definition) is 1. The Bertz CT molecular complexity index is 849. The Morgan fingerprint density at radius 3 is 2.93 bits per heavy atom. The van der Waals surface area contributed by atoms with E-state index in [2.05, 4.69) is 22.1 Å². The molecule has 1 N–H and O–H groups in total. The van der Waals surface area contributed by atoms with E-state index >= 15 is 0 Å². The molecular weight excluding hydrogens is 398 g/mol. The van der Waals surface area contributed by atoms with Crippen LogP contribution in [0.1, 0.15) is 42.2 Å². The van der Waals surface area contributed by atoms with E-state index in [1.54, 1.807) is 12.1 Å². The minimum atomic E-state index is -0.259. The van der Waals surface area contributed by atoms with Crippen LogP contribution in [0.25, 0.3) is 0 Å². The summed E-state index contributed by atoms with van der Waals surface area (Å²) in [5.41, 5.74) is 1.42. The normalized spacial score (nSPS) is 17.9. The van der Waals surface area contributed by atoms with Crippen molar-refractivity contribution in [2.45, 2.75) is 32.7 Å². The number of aromatic nitrogens is 1. The number of nitrogens with zero attached hydrogens (tertiary/aromatic N) is 2. The van der Waals surface area contributed by atoms with Gasteiger partial charge in [0, 0.05) is 23.9 Å². The molecule has 3 heterocycles. The van der Waals surface area contributed by atoms with Gasteiger partial charge in [-0.1, -0.05) is 18.5 Å². The largest absolute Gasteiger partial charge is 0.489 e. The first-order valence-corrected chi connectivity index (χ1v) is 10.9. The van der Waals surface area contributed by atoms with Crippen molar-refractivity contribution in [3.05, 3.63) is 33.8 Å². The number of rotatable bonds is 4. The van der Waals surface area contributed by atoms with E-state index in [0.717, 1.165) is 37.7 Å². The van der Waals surface area contributed by atoms with Gasteiger partial charge in [-0.2, -0.15) is 0 Å². The predicted molar refractivity (Wildman–Crippen MR) is 111 cm³/mol. The third kappa shape index (κ3) is 4.59. The molecule has 0 unspecified atom stereocenters. The van der Waals surface area contributed by atoms with Crippen LogP contribution in [0.2, 0.25) is 5.02 Å². The number of likely N-dealkylation sites (tertiary alicyclic amines) is 1. The highest BCUT2D eigenvalue weighted by Gasteiger charge is 2.20. The second-order valence-corrected chi connectivity index (χ2v) is 8.66. The molecule has 1 saturated heterocycles. The van der Waals surface area contributed by atoms with Crippen molar-refractivity contribution in [2.24, 2.45) is 5.92 Å². The van der Waals surface area contributed by atoms with E-state index in [4.69, 9.17) is 21.1 Å². The van der Waals surface area contributed by atoms with Crippen molar-refractivity contribution in [1.29, 1.82) is 0 Å². The molecule has 2 aromatic rings. The Morgan fingerprint density at radius 2 is 2.11 bits per heavy atom. The summed E-state index contributed by atoms with van der Waals surface area (Å²) < 4.78 is 11.3. The van der Waals surface area contributed by atoms with E-state index in [1.165, 1.54) is 24.2 Å². The van der Waals surface area contributed by atoms with Crippen LogP contribution in [0.4, 0.5) is 5.13 Å². The first-order chi connectivity index (χ1) is 13.6. The summed E-state index contributed by atoms with van der Waals surface area (Å²) in [6, 6.07) is 3.28. The highest BCUT2D eigenvalue weighted by Crippen LogP contribution is 2.38. The second-order valence-electron chi connectivity index (χ2n) is 7.39. The van der Waals surface area contributed by atoms with E-state index in [1.807, 2.05) is 5.38 Å². The van der Waals surface area contributed by atoms with Gasteiger partial charge >= 0.3 is 0 Å². The SMILES string of the molecule is CC1CCN(Cc2csc(NC(=O)c3cc(Cl)c4c(c3)OCCCO4)n2)CC1. The van der Waals surface area contributed by atoms with E-state index in [-0.39, 0.29) is 5.91 Å². The molecule has 0 aliphatic carbocycles. The summed E-state index contributed by atoms with van der Waals surface area (Å²) in [5, 5.41) is 5.85. The van der Waals surface area contributed by atoms with E-state index < -0.39 is 0 Å². The summed E-state index contributed by atoms with van der Waals surface area (Å²) in [6.45, 7) is 6.44. The number of anilines is 1. The Kier molecular flexibility index (Phi) is 6.04. The number of benzene rings is 1. The maximum Gasteiger partial charge on any atom is 0.257 e. The fourth-order valence-corrected chi connectivity index (χ4v) is 4.38. The minimum Gasteiger partial charge on any atom is -0.489 e. The monoisotopic (exact) mass is 421 g/mol. The number of halogens is 1. The Balaban J connectivity index is 1.41. The lowest BCUT2D eigenvalue weighted by Crippen LogP contribution is -2.32. The zero-order valence-corrected chi connectivity index (χ0v) is 17.4. The molecule has 6 nitrogen and oxygen atoms in total.